The number of nitrogens with zero attached hydrogens (tertiary/aromatic N) is 1. The van der Waals surface area contributed by atoms with Crippen molar-refractivity contribution in [3.8, 4) is 0 Å². The van der Waals surface area contributed by atoms with E-state index in [4.69, 9.17) is 0 Å². The number of aromatic nitrogens is 1. The molecule has 0 aliphatic rings. The highest BCUT2D eigenvalue weighted by Gasteiger charge is 2.07. The first-order valence-corrected chi connectivity index (χ1v) is 7.52. The van der Waals surface area contributed by atoms with Crippen LogP contribution in [0, 0.1) is 13.8 Å². The zero-order valence-corrected chi connectivity index (χ0v) is 12.8. The maximum Gasteiger partial charge on any atom is 0.251 e. The molecule has 1 heterocycles. The molecule has 0 saturated heterocycles. The molecule has 5 heteroatoms. The number of rotatable bonds is 5. The van der Waals surface area contributed by atoms with Crippen LogP contribution in [0.4, 0.5) is 5.69 Å². The van der Waals surface area contributed by atoms with Crippen LogP contribution in [0.1, 0.15) is 33.5 Å². The molecule has 0 aliphatic carbocycles. The molecular formula is C15H19N3OS. The standard InChI is InChI=1S/C15H19N3OS/c1-4-16-15(19)12-5-6-13(10(2)7-12)17-8-14-18-11(3)9-20-14/h5-7,9,17H,4,8H2,1-3H3,(H,16,19). The Labute approximate surface area is 123 Å². The van der Waals surface area contributed by atoms with Crippen LogP contribution in [0.3, 0.4) is 0 Å². The average Bonchev–Trinajstić information content (AvgIpc) is 2.83. The number of anilines is 1. The van der Waals surface area contributed by atoms with Crippen LogP contribution >= 0.6 is 11.3 Å². The molecule has 0 atom stereocenters. The highest BCUT2D eigenvalue weighted by Crippen LogP contribution is 2.18. The molecule has 2 N–H and O–H groups in total. The lowest BCUT2D eigenvalue weighted by atomic mass is 10.1. The van der Waals surface area contributed by atoms with Gasteiger partial charge in [-0.2, -0.15) is 0 Å². The molecule has 2 rings (SSSR count). The van der Waals surface area contributed by atoms with Crippen molar-refractivity contribution in [2.24, 2.45) is 0 Å². The van der Waals surface area contributed by atoms with Gasteiger partial charge in [0.15, 0.2) is 0 Å². The molecule has 0 aliphatic heterocycles. The summed E-state index contributed by atoms with van der Waals surface area (Å²) in [4.78, 5) is 16.2. The van der Waals surface area contributed by atoms with Crippen LogP contribution in [0.25, 0.3) is 0 Å². The van der Waals surface area contributed by atoms with Gasteiger partial charge < -0.3 is 10.6 Å². The Kier molecular flexibility index (Phi) is 4.74. The summed E-state index contributed by atoms with van der Waals surface area (Å²) in [6, 6.07) is 5.69. The molecule has 0 bridgehead atoms. The molecule has 20 heavy (non-hydrogen) atoms. The number of nitrogens with one attached hydrogen (secondary N) is 2. The first-order valence-electron chi connectivity index (χ1n) is 6.64. The third-order valence-electron chi connectivity index (χ3n) is 2.92. The van der Waals surface area contributed by atoms with Gasteiger partial charge >= 0.3 is 0 Å². The maximum absolute atomic E-state index is 11.8. The Morgan fingerprint density at radius 3 is 2.75 bits per heavy atom. The van der Waals surface area contributed by atoms with Gasteiger partial charge in [-0.25, -0.2) is 4.98 Å². The molecule has 4 nitrogen and oxygen atoms in total. The van der Waals surface area contributed by atoms with E-state index in [0.717, 1.165) is 22.0 Å². The second kappa shape index (κ2) is 6.52. The van der Waals surface area contributed by atoms with E-state index in [1.165, 1.54) is 0 Å². The summed E-state index contributed by atoms with van der Waals surface area (Å²) in [6.45, 7) is 7.25. The van der Waals surface area contributed by atoms with Crippen molar-refractivity contribution in [1.29, 1.82) is 0 Å². The van der Waals surface area contributed by atoms with Crippen molar-refractivity contribution >= 4 is 22.9 Å². The highest BCUT2D eigenvalue weighted by molar-refractivity contribution is 7.09. The van der Waals surface area contributed by atoms with Crippen LogP contribution in [0.2, 0.25) is 0 Å². The summed E-state index contributed by atoms with van der Waals surface area (Å²) in [5, 5.41) is 9.27. The number of thiazole rings is 1. The van der Waals surface area contributed by atoms with Crippen molar-refractivity contribution in [3.63, 3.8) is 0 Å². The number of carbonyl (C=O) groups excluding carboxylic acids is 1. The zero-order valence-electron chi connectivity index (χ0n) is 12.0. The Morgan fingerprint density at radius 1 is 1.35 bits per heavy atom. The molecule has 0 spiro atoms. The fraction of sp³-hybridized carbons (Fsp3) is 0.333. The van der Waals surface area contributed by atoms with Crippen molar-refractivity contribution in [1.82, 2.24) is 10.3 Å². The van der Waals surface area contributed by atoms with Gasteiger partial charge in [0, 0.05) is 28.9 Å². The molecule has 0 unspecified atom stereocenters. The minimum atomic E-state index is -0.0299. The van der Waals surface area contributed by atoms with Crippen molar-refractivity contribution in [2.75, 3.05) is 11.9 Å². The lowest BCUT2D eigenvalue weighted by molar-refractivity contribution is 0.0956. The smallest absolute Gasteiger partial charge is 0.251 e. The Bertz CT molecular complexity index is 607. The molecule has 1 aromatic carbocycles. The van der Waals surface area contributed by atoms with E-state index in [1.54, 1.807) is 11.3 Å². The van der Waals surface area contributed by atoms with E-state index in [-0.39, 0.29) is 5.91 Å². The van der Waals surface area contributed by atoms with E-state index in [0.29, 0.717) is 18.7 Å². The van der Waals surface area contributed by atoms with Crippen molar-refractivity contribution in [2.45, 2.75) is 27.3 Å². The number of amides is 1. The Hall–Kier alpha value is -1.88. The summed E-state index contributed by atoms with van der Waals surface area (Å²) >= 11 is 1.65. The van der Waals surface area contributed by atoms with Crippen LogP contribution in [-0.2, 0) is 6.54 Å². The third-order valence-corrected chi connectivity index (χ3v) is 3.89. The van der Waals surface area contributed by atoms with Crippen LogP contribution in [0.15, 0.2) is 23.6 Å². The van der Waals surface area contributed by atoms with E-state index in [9.17, 15) is 4.79 Å². The second-order valence-corrected chi connectivity index (χ2v) is 5.57. The normalized spacial score (nSPS) is 10.3. The van der Waals surface area contributed by atoms with E-state index >= 15 is 0 Å². The van der Waals surface area contributed by atoms with Crippen LogP contribution in [-0.4, -0.2) is 17.4 Å². The predicted molar refractivity (Wildman–Crippen MR) is 83.4 cm³/mol. The van der Waals surface area contributed by atoms with Gasteiger partial charge in [0.25, 0.3) is 5.91 Å². The van der Waals surface area contributed by atoms with Gasteiger partial charge in [-0.1, -0.05) is 0 Å². The maximum atomic E-state index is 11.8. The number of benzene rings is 1. The molecule has 1 amide bonds. The molecule has 0 saturated carbocycles. The van der Waals surface area contributed by atoms with E-state index < -0.39 is 0 Å². The van der Waals surface area contributed by atoms with Crippen LogP contribution in [0.5, 0.6) is 0 Å². The lowest BCUT2D eigenvalue weighted by Crippen LogP contribution is -2.22. The minimum Gasteiger partial charge on any atom is -0.378 e. The quantitative estimate of drug-likeness (QED) is 0.889. The fourth-order valence-electron chi connectivity index (χ4n) is 1.92. The van der Waals surface area contributed by atoms with Gasteiger partial charge in [-0.3, -0.25) is 4.79 Å². The largest absolute Gasteiger partial charge is 0.378 e. The topological polar surface area (TPSA) is 54.0 Å². The SMILES string of the molecule is CCNC(=O)c1ccc(NCc2nc(C)cs2)c(C)c1. The van der Waals surface area contributed by atoms with E-state index in [2.05, 4.69) is 15.6 Å². The first kappa shape index (κ1) is 14.5. The summed E-state index contributed by atoms with van der Waals surface area (Å²) in [7, 11) is 0. The molecular weight excluding hydrogens is 270 g/mol. The first-order chi connectivity index (χ1) is 9.60. The Morgan fingerprint density at radius 2 is 2.15 bits per heavy atom. The van der Waals surface area contributed by atoms with E-state index in [1.807, 2.05) is 44.4 Å². The predicted octanol–water partition coefficient (Wildman–Crippen LogP) is 3.12. The molecule has 2 aromatic rings. The number of aryl methyl sites for hydroxylation is 2. The monoisotopic (exact) mass is 289 g/mol. The molecule has 0 radical (unpaired) electrons. The van der Waals surface area contributed by atoms with Gasteiger partial charge in [0.1, 0.15) is 5.01 Å². The number of hydrogen-bond donors (Lipinski definition) is 2. The van der Waals surface area contributed by atoms with Crippen molar-refractivity contribution < 1.29 is 4.79 Å². The zero-order chi connectivity index (χ0) is 14.5. The highest BCUT2D eigenvalue weighted by atomic mass is 32.1. The summed E-state index contributed by atoms with van der Waals surface area (Å²) in [6.07, 6.45) is 0. The van der Waals surface area contributed by atoms with Gasteiger partial charge in [-0.05, 0) is 44.5 Å². The number of hydrogen-bond acceptors (Lipinski definition) is 4. The Balaban J connectivity index is 2.04. The summed E-state index contributed by atoms with van der Waals surface area (Å²) in [5.41, 5.74) is 3.84. The lowest BCUT2D eigenvalue weighted by Gasteiger charge is -2.10. The number of carbonyl (C=O) groups is 1. The van der Waals surface area contributed by atoms with Gasteiger partial charge in [0.2, 0.25) is 0 Å². The second-order valence-electron chi connectivity index (χ2n) is 4.63. The third kappa shape index (κ3) is 3.57. The summed E-state index contributed by atoms with van der Waals surface area (Å²) < 4.78 is 0. The van der Waals surface area contributed by atoms with Gasteiger partial charge in [0.05, 0.1) is 6.54 Å². The van der Waals surface area contributed by atoms with Gasteiger partial charge in [-0.15, -0.1) is 11.3 Å². The molecule has 1 aromatic heterocycles. The molecule has 0 fully saturated rings. The summed E-state index contributed by atoms with van der Waals surface area (Å²) in [5.74, 6) is -0.0299. The fourth-order valence-corrected chi connectivity index (χ4v) is 2.63. The van der Waals surface area contributed by atoms with Crippen molar-refractivity contribution in [3.05, 3.63) is 45.4 Å². The van der Waals surface area contributed by atoms with Crippen LogP contribution < -0.4 is 10.6 Å². The molecule has 106 valence electrons. The minimum absolute atomic E-state index is 0.0299. The average molecular weight is 289 g/mol.